The van der Waals surface area contributed by atoms with Crippen LogP contribution in [0.2, 0.25) is 0 Å². The second kappa shape index (κ2) is 7.60. The Hall–Kier alpha value is -1.13. The molecule has 4 nitrogen and oxygen atoms in total. The van der Waals surface area contributed by atoms with Crippen LogP contribution in [-0.2, 0) is 6.54 Å². The van der Waals surface area contributed by atoms with E-state index < -0.39 is 0 Å². The van der Waals surface area contributed by atoms with Crippen molar-refractivity contribution in [2.45, 2.75) is 39.8 Å². The highest BCUT2D eigenvalue weighted by Gasteiger charge is 2.23. The van der Waals surface area contributed by atoms with Crippen LogP contribution in [0.1, 0.15) is 32.9 Å². The Labute approximate surface area is 123 Å². The molecule has 1 atom stereocenters. The van der Waals surface area contributed by atoms with Crippen LogP contribution in [-0.4, -0.2) is 48.6 Å². The highest BCUT2D eigenvalue weighted by molar-refractivity contribution is 5.40. The van der Waals surface area contributed by atoms with Gasteiger partial charge in [0.2, 0.25) is 0 Å². The van der Waals surface area contributed by atoms with Crippen molar-refractivity contribution in [2.75, 3.05) is 37.6 Å². The van der Waals surface area contributed by atoms with Gasteiger partial charge in [0.25, 0.3) is 0 Å². The summed E-state index contributed by atoms with van der Waals surface area (Å²) in [6.45, 7) is 13.1. The zero-order valence-corrected chi connectivity index (χ0v) is 13.1. The lowest BCUT2D eigenvalue weighted by Gasteiger charge is -2.40. The molecule has 0 bridgehead atoms. The van der Waals surface area contributed by atoms with Gasteiger partial charge in [-0.25, -0.2) is 4.98 Å². The Morgan fingerprint density at radius 1 is 1.30 bits per heavy atom. The predicted octanol–water partition coefficient (Wildman–Crippen LogP) is 2.11. The van der Waals surface area contributed by atoms with Gasteiger partial charge in [-0.3, -0.25) is 4.90 Å². The maximum absolute atomic E-state index is 4.80. The Morgan fingerprint density at radius 2 is 2.15 bits per heavy atom. The fourth-order valence-electron chi connectivity index (χ4n) is 2.81. The summed E-state index contributed by atoms with van der Waals surface area (Å²) in [7, 11) is 0. The van der Waals surface area contributed by atoms with Gasteiger partial charge in [-0.15, -0.1) is 0 Å². The third-order valence-corrected chi connectivity index (χ3v) is 4.02. The molecular formula is C16H28N4. The summed E-state index contributed by atoms with van der Waals surface area (Å²) < 4.78 is 0. The van der Waals surface area contributed by atoms with Crippen molar-refractivity contribution in [2.24, 2.45) is 0 Å². The lowest BCUT2D eigenvalue weighted by molar-refractivity contribution is 0.199. The van der Waals surface area contributed by atoms with E-state index >= 15 is 0 Å². The summed E-state index contributed by atoms with van der Waals surface area (Å²) in [6.07, 6.45) is 1.16. The van der Waals surface area contributed by atoms with Crippen LogP contribution < -0.4 is 10.2 Å². The van der Waals surface area contributed by atoms with Gasteiger partial charge in [0.1, 0.15) is 5.82 Å². The first-order valence-corrected chi connectivity index (χ1v) is 7.90. The smallest absolute Gasteiger partial charge is 0.128 e. The van der Waals surface area contributed by atoms with Gasteiger partial charge in [-0.05, 0) is 38.6 Å². The van der Waals surface area contributed by atoms with Crippen molar-refractivity contribution in [1.29, 1.82) is 0 Å². The van der Waals surface area contributed by atoms with Crippen molar-refractivity contribution in [3.05, 3.63) is 23.9 Å². The Bertz CT molecular complexity index is 407. The molecule has 0 aliphatic carbocycles. The lowest BCUT2D eigenvalue weighted by atomic mass is 10.2. The zero-order chi connectivity index (χ0) is 14.4. The monoisotopic (exact) mass is 276 g/mol. The number of nitrogens with one attached hydrogen (secondary N) is 1. The number of nitrogens with zero attached hydrogens (tertiary/aromatic N) is 3. The number of hydrogen-bond donors (Lipinski definition) is 1. The van der Waals surface area contributed by atoms with E-state index in [0.29, 0.717) is 6.04 Å². The third-order valence-electron chi connectivity index (χ3n) is 4.02. The van der Waals surface area contributed by atoms with E-state index in [1.54, 1.807) is 0 Å². The summed E-state index contributed by atoms with van der Waals surface area (Å²) in [5.74, 6) is 1.13. The number of rotatable bonds is 6. The van der Waals surface area contributed by atoms with E-state index in [1.165, 1.54) is 0 Å². The van der Waals surface area contributed by atoms with Crippen molar-refractivity contribution in [1.82, 2.24) is 15.2 Å². The third kappa shape index (κ3) is 3.93. The van der Waals surface area contributed by atoms with Crippen LogP contribution in [0.15, 0.2) is 18.2 Å². The molecule has 1 N–H and O–H groups in total. The van der Waals surface area contributed by atoms with Crippen LogP contribution in [0, 0.1) is 0 Å². The number of hydrogen-bond acceptors (Lipinski definition) is 4. The molecule has 1 unspecified atom stereocenters. The van der Waals surface area contributed by atoms with E-state index in [4.69, 9.17) is 4.98 Å². The van der Waals surface area contributed by atoms with Gasteiger partial charge in [-0.2, -0.15) is 0 Å². The molecule has 2 rings (SSSR count). The van der Waals surface area contributed by atoms with Gasteiger partial charge in [0, 0.05) is 32.2 Å². The van der Waals surface area contributed by atoms with Crippen molar-refractivity contribution >= 4 is 5.82 Å². The Morgan fingerprint density at radius 3 is 2.85 bits per heavy atom. The first-order valence-electron chi connectivity index (χ1n) is 7.90. The summed E-state index contributed by atoms with van der Waals surface area (Å²) in [5.41, 5.74) is 1.14. The molecule has 0 radical (unpaired) electrons. The molecule has 1 aliphatic heterocycles. The predicted molar refractivity (Wildman–Crippen MR) is 85.2 cm³/mol. The fraction of sp³-hybridized carbons (Fsp3) is 0.688. The van der Waals surface area contributed by atoms with Crippen molar-refractivity contribution in [3.63, 3.8) is 0 Å². The fourth-order valence-corrected chi connectivity index (χ4v) is 2.81. The normalized spacial score (nSPS) is 20.4. The number of aromatic nitrogens is 1. The van der Waals surface area contributed by atoms with Crippen molar-refractivity contribution < 1.29 is 0 Å². The molecule has 1 aromatic rings. The minimum atomic E-state index is 0.609. The summed E-state index contributed by atoms with van der Waals surface area (Å²) in [5, 5.41) is 3.42. The van der Waals surface area contributed by atoms with Crippen LogP contribution in [0.3, 0.4) is 0 Å². The number of piperazine rings is 1. The van der Waals surface area contributed by atoms with Crippen molar-refractivity contribution in [3.8, 4) is 0 Å². The maximum atomic E-state index is 4.80. The standard InChI is InChI=1S/C16H28N4/c1-4-9-17-12-15-7-6-8-16(18-15)20-11-10-19(5-2)14(3)13-20/h6-8,14,17H,4-5,9-13H2,1-3H3. The quantitative estimate of drug-likeness (QED) is 0.806. The zero-order valence-electron chi connectivity index (χ0n) is 13.1. The number of anilines is 1. The highest BCUT2D eigenvalue weighted by Crippen LogP contribution is 2.17. The lowest BCUT2D eigenvalue weighted by Crippen LogP contribution is -2.52. The maximum Gasteiger partial charge on any atom is 0.128 e. The van der Waals surface area contributed by atoms with Gasteiger partial charge in [0.15, 0.2) is 0 Å². The van der Waals surface area contributed by atoms with E-state index in [2.05, 4.69) is 54.1 Å². The van der Waals surface area contributed by atoms with Gasteiger partial charge in [-0.1, -0.05) is 19.9 Å². The van der Waals surface area contributed by atoms with Gasteiger partial charge < -0.3 is 10.2 Å². The second-order valence-corrected chi connectivity index (χ2v) is 5.59. The molecular weight excluding hydrogens is 248 g/mol. The molecule has 112 valence electrons. The molecule has 20 heavy (non-hydrogen) atoms. The van der Waals surface area contributed by atoms with Crippen LogP contribution >= 0.6 is 0 Å². The van der Waals surface area contributed by atoms with E-state index in [-0.39, 0.29) is 0 Å². The van der Waals surface area contributed by atoms with Crippen LogP contribution in [0.4, 0.5) is 5.82 Å². The average molecular weight is 276 g/mol. The molecule has 0 saturated carbocycles. The molecule has 1 fully saturated rings. The minimum Gasteiger partial charge on any atom is -0.354 e. The van der Waals surface area contributed by atoms with E-state index in [1.807, 2.05) is 0 Å². The van der Waals surface area contributed by atoms with E-state index in [9.17, 15) is 0 Å². The van der Waals surface area contributed by atoms with Gasteiger partial charge >= 0.3 is 0 Å². The molecule has 1 aromatic heterocycles. The van der Waals surface area contributed by atoms with Crippen LogP contribution in [0.25, 0.3) is 0 Å². The van der Waals surface area contributed by atoms with Crippen LogP contribution in [0.5, 0.6) is 0 Å². The topological polar surface area (TPSA) is 31.4 Å². The first kappa shape index (κ1) is 15.3. The van der Waals surface area contributed by atoms with E-state index in [0.717, 1.165) is 57.2 Å². The SMILES string of the molecule is CCCNCc1cccc(N2CCN(CC)C(C)C2)n1. The average Bonchev–Trinajstić information content (AvgIpc) is 2.48. The molecule has 1 aliphatic rings. The number of pyridine rings is 1. The minimum absolute atomic E-state index is 0.609. The molecule has 2 heterocycles. The largest absolute Gasteiger partial charge is 0.354 e. The summed E-state index contributed by atoms with van der Waals surface area (Å²) in [6, 6.07) is 6.98. The summed E-state index contributed by atoms with van der Waals surface area (Å²) in [4.78, 5) is 9.75. The Kier molecular flexibility index (Phi) is 5.80. The molecule has 0 amide bonds. The van der Waals surface area contributed by atoms with Gasteiger partial charge in [0.05, 0.1) is 5.69 Å². The molecule has 0 spiro atoms. The molecule has 0 aromatic carbocycles. The second-order valence-electron chi connectivity index (χ2n) is 5.59. The highest BCUT2D eigenvalue weighted by atomic mass is 15.3. The number of likely N-dealkylation sites (N-methyl/N-ethyl adjacent to an activating group) is 1. The molecule has 1 saturated heterocycles. The molecule has 4 heteroatoms. The first-order chi connectivity index (χ1) is 9.74. The summed E-state index contributed by atoms with van der Waals surface area (Å²) >= 11 is 0. The Balaban J connectivity index is 1.97.